The van der Waals surface area contributed by atoms with Crippen LogP contribution >= 0.6 is 0 Å². The number of piperazine rings is 1. The minimum atomic E-state index is -5.08. The second-order valence-corrected chi connectivity index (χ2v) is 10.2. The van der Waals surface area contributed by atoms with Crippen LogP contribution in [-0.4, -0.2) is 116 Å². The number of carbonyl (C=O) groups is 3. The lowest BCUT2D eigenvalue weighted by Crippen LogP contribution is -2.56. The van der Waals surface area contributed by atoms with E-state index in [2.05, 4.69) is 34.7 Å². The number of alkyl halides is 6. The minimum absolute atomic E-state index is 0.0933. The number of likely N-dealkylation sites (tertiary alicyclic amines) is 1. The summed E-state index contributed by atoms with van der Waals surface area (Å²) in [5, 5.41) is 20.9. The van der Waals surface area contributed by atoms with Crippen LogP contribution < -0.4 is 20.1 Å². The topological polar surface area (TPSA) is 141 Å². The number of hydrogen-bond donors (Lipinski definition) is 4. The van der Waals surface area contributed by atoms with Crippen molar-refractivity contribution in [2.75, 3.05) is 54.0 Å². The van der Waals surface area contributed by atoms with Gasteiger partial charge in [-0.25, -0.2) is 14.4 Å². The van der Waals surface area contributed by atoms with Gasteiger partial charge in [-0.15, -0.1) is 0 Å². The van der Waals surface area contributed by atoms with Gasteiger partial charge in [0.2, 0.25) is 0 Å². The number of hydrogen-bond acceptors (Lipinski definition) is 7. The minimum Gasteiger partial charge on any atom is -0.493 e. The number of fused-ring (bicyclic) bond motifs is 1. The zero-order valence-electron chi connectivity index (χ0n) is 23.8. The molecule has 2 saturated heterocycles. The highest BCUT2D eigenvalue weighted by atomic mass is 19.4. The number of methoxy groups -OCH3 is 2. The van der Waals surface area contributed by atoms with Crippen LogP contribution in [0, 0.1) is 0 Å². The van der Waals surface area contributed by atoms with Gasteiger partial charge in [-0.3, -0.25) is 0 Å². The number of carboxylic acid groups (broad SMARTS) is 2. The maximum atomic E-state index is 12.7. The Labute approximate surface area is 244 Å². The molecule has 1 saturated carbocycles. The number of aliphatic carboxylic acids is 2. The van der Waals surface area contributed by atoms with Gasteiger partial charge < -0.3 is 40.1 Å². The van der Waals surface area contributed by atoms with E-state index >= 15 is 0 Å². The lowest BCUT2D eigenvalue weighted by atomic mass is 9.65. The molecular formula is C26H36F6N4O7. The average Bonchev–Trinajstić information content (AvgIpc) is 3.29. The first kappa shape index (κ1) is 35.7. The van der Waals surface area contributed by atoms with Crippen molar-refractivity contribution in [1.82, 2.24) is 20.4 Å². The number of urea groups is 1. The Bertz CT molecular complexity index is 1090. The zero-order valence-corrected chi connectivity index (χ0v) is 23.8. The first-order valence-corrected chi connectivity index (χ1v) is 13.3. The number of halogens is 6. The quantitative estimate of drug-likeness (QED) is 0.370. The SMILES string of the molecule is COc1ccc(C23CCC(NC(=O)N4CCNCC4)CC2N(C)CC3)cc1OC.O=C(O)C(F)(F)F.O=C(O)C(F)(F)F. The standard InChI is InChI=1S/C22H34N4O3.2C2HF3O2/c1-25-11-8-22(16-4-5-18(28-2)19(14-16)29-3)7-6-17(15-20(22)25)24-21(27)26-12-9-23-10-13-26;2*3-2(4,5)1(6)7/h4-5,14,17,20,23H,6-13,15H2,1-3H3,(H,24,27);2*(H,6,7). The molecule has 244 valence electrons. The van der Waals surface area contributed by atoms with E-state index in [1.54, 1.807) is 14.2 Å². The van der Waals surface area contributed by atoms with Crippen LogP contribution in [0.5, 0.6) is 11.5 Å². The van der Waals surface area contributed by atoms with Gasteiger partial charge in [-0.1, -0.05) is 6.07 Å². The van der Waals surface area contributed by atoms with E-state index in [0.717, 1.165) is 69.9 Å². The smallest absolute Gasteiger partial charge is 0.490 e. The fraction of sp³-hybridized carbons (Fsp3) is 0.654. The molecule has 1 aromatic carbocycles. The Balaban J connectivity index is 0.000000384. The Morgan fingerprint density at radius 2 is 1.47 bits per heavy atom. The molecule has 0 radical (unpaired) electrons. The van der Waals surface area contributed by atoms with E-state index < -0.39 is 24.3 Å². The molecule has 17 heteroatoms. The summed E-state index contributed by atoms with van der Waals surface area (Å²) in [6, 6.07) is 7.13. The monoisotopic (exact) mass is 630 g/mol. The Morgan fingerprint density at radius 1 is 0.930 bits per heavy atom. The van der Waals surface area contributed by atoms with E-state index in [1.807, 2.05) is 11.0 Å². The third-order valence-electron chi connectivity index (χ3n) is 7.70. The highest BCUT2D eigenvalue weighted by Crippen LogP contribution is 2.49. The van der Waals surface area contributed by atoms with Crippen molar-refractivity contribution in [2.24, 2.45) is 0 Å². The number of amides is 2. The molecule has 2 aliphatic heterocycles. The number of ether oxygens (including phenoxy) is 2. The van der Waals surface area contributed by atoms with Gasteiger partial charge in [0.25, 0.3) is 0 Å². The summed E-state index contributed by atoms with van der Waals surface area (Å²) < 4.78 is 74.5. The lowest BCUT2D eigenvalue weighted by molar-refractivity contribution is -0.193. The lowest BCUT2D eigenvalue weighted by Gasteiger charge is -2.45. The molecule has 3 fully saturated rings. The molecule has 11 nitrogen and oxygen atoms in total. The predicted molar refractivity (Wildman–Crippen MR) is 140 cm³/mol. The van der Waals surface area contributed by atoms with Gasteiger partial charge in [0.15, 0.2) is 11.5 Å². The molecule has 3 atom stereocenters. The fourth-order valence-electron chi connectivity index (χ4n) is 5.53. The molecule has 0 spiro atoms. The van der Waals surface area contributed by atoms with Gasteiger partial charge >= 0.3 is 30.3 Å². The first-order valence-electron chi connectivity index (χ1n) is 13.3. The molecule has 0 bridgehead atoms. The molecule has 2 amide bonds. The summed E-state index contributed by atoms with van der Waals surface area (Å²) in [6.07, 6.45) is -5.95. The molecule has 0 aromatic heterocycles. The number of nitrogens with one attached hydrogen (secondary N) is 2. The Kier molecular flexibility index (Phi) is 12.3. The van der Waals surface area contributed by atoms with Crippen molar-refractivity contribution < 1.29 is 60.4 Å². The number of carbonyl (C=O) groups excluding carboxylic acids is 1. The molecule has 3 aliphatic rings. The van der Waals surface area contributed by atoms with Gasteiger partial charge in [0.05, 0.1) is 14.2 Å². The highest BCUT2D eigenvalue weighted by Gasteiger charge is 2.51. The van der Waals surface area contributed by atoms with Crippen molar-refractivity contribution in [2.45, 2.75) is 55.5 Å². The van der Waals surface area contributed by atoms with Gasteiger partial charge in [-0.05, 0) is 57.0 Å². The highest BCUT2D eigenvalue weighted by molar-refractivity contribution is 5.75. The maximum Gasteiger partial charge on any atom is 0.490 e. The molecule has 43 heavy (non-hydrogen) atoms. The second-order valence-electron chi connectivity index (χ2n) is 10.2. The van der Waals surface area contributed by atoms with E-state index in [1.165, 1.54) is 5.56 Å². The fourth-order valence-corrected chi connectivity index (χ4v) is 5.53. The van der Waals surface area contributed by atoms with Gasteiger partial charge in [0, 0.05) is 43.7 Å². The third kappa shape index (κ3) is 9.51. The number of likely N-dealkylation sites (N-methyl/N-ethyl adjacent to an activating group) is 1. The van der Waals surface area contributed by atoms with Crippen LogP contribution in [0.25, 0.3) is 0 Å². The normalized spacial score (nSPS) is 23.9. The number of rotatable bonds is 4. The Hall–Kier alpha value is -3.47. The van der Waals surface area contributed by atoms with Crippen LogP contribution in [-0.2, 0) is 15.0 Å². The van der Waals surface area contributed by atoms with Crippen LogP contribution in [0.1, 0.15) is 31.2 Å². The van der Waals surface area contributed by atoms with E-state index in [0.29, 0.717) is 6.04 Å². The van der Waals surface area contributed by atoms with Crippen molar-refractivity contribution in [3.63, 3.8) is 0 Å². The van der Waals surface area contributed by atoms with E-state index in [9.17, 15) is 31.1 Å². The maximum absolute atomic E-state index is 12.7. The summed E-state index contributed by atoms with van der Waals surface area (Å²) in [5.41, 5.74) is 1.45. The van der Waals surface area contributed by atoms with Crippen LogP contribution in [0.4, 0.5) is 31.1 Å². The van der Waals surface area contributed by atoms with Gasteiger partial charge in [0.1, 0.15) is 0 Å². The second kappa shape index (κ2) is 14.8. The molecule has 4 rings (SSSR count). The zero-order chi connectivity index (χ0) is 32.6. The van der Waals surface area contributed by atoms with Gasteiger partial charge in [-0.2, -0.15) is 26.3 Å². The molecule has 1 aliphatic carbocycles. The number of benzene rings is 1. The molecular weight excluding hydrogens is 594 g/mol. The summed E-state index contributed by atoms with van der Waals surface area (Å²) in [6.45, 7) is 4.42. The third-order valence-corrected chi connectivity index (χ3v) is 7.70. The molecule has 1 aromatic rings. The average molecular weight is 631 g/mol. The number of nitrogens with zero attached hydrogens (tertiary/aromatic N) is 2. The van der Waals surface area contributed by atoms with Crippen molar-refractivity contribution >= 4 is 18.0 Å². The Morgan fingerprint density at radius 3 is 1.95 bits per heavy atom. The molecule has 4 N–H and O–H groups in total. The summed E-state index contributed by atoms with van der Waals surface area (Å²) in [4.78, 5) is 34.9. The molecule has 2 heterocycles. The summed E-state index contributed by atoms with van der Waals surface area (Å²) in [7, 11) is 5.59. The van der Waals surface area contributed by atoms with Crippen molar-refractivity contribution in [3.05, 3.63) is 23.8 Å². The van der Waals surface area contributed by atoms with Crippen LogP contribution in [0.3, 0.4) is 0 Å². The predicted octanol–water partition coefficient (Wildman–Crippen LogP) is 3.08. The van der Waals surface area contributed by atoms with E-state index in [4.69, 9.17) is 29.3 Å². The number of carboxylic acids is 2. The summed E-state index contributed by atoms with van der Waals surface area (Å²) in [5.74, 6) is -3.95. The van der Waals surface area contributed by atoms with Crippen LogP contribution in [0.2, 0.25) is 0 Å². The molecule has 3 unspecified atom stereocenters. The van der Waals surface area contributed by atoms with Crippen molar-refractivity contribution in [3.8, 4) is 11.5 Å². The van der Waals surface area contributed by atoms with E-state index in [-0.39, 0.29) is 17.5 Å². The first-order chi connectivity index (χ1) is 20.0. The van der Waals surface area contributed by atoms with Crippen LogP contribution in [0.15, 0.2) is 18.2 Å². The largest absolute Gasteiger partial charge is 0.493 e. The summed E-state index contributed by atoms with van der Waals surface area (Å²) >= 11 is 0. The van der Waals surface area contributed by atoms with Crippen molar-refractivity contribution in [1.29, 1.82) is 0 Å².